The molecule has 7 N–H and O–H groups in total. The molecule has 2 amide bonds. The van der Waals surface area contributed by atoms with Gasteiger partial charge in [0.1, 0.15) is 30.1 Å². The maximum Gasteiger partial charge on any atom is 0.410 e. The van der Waals surface area contributed by atoms with E-state index in [1.165, 1.54) is 0 Å². The van der Waals surface area contributed by atoms with Gasteiger partial charge in [-0.25, -0.2) is 4.79 Å². The van der Waals surface area contributed by atoms with Crippen molar-refractivity contribution < 1.29 is 33.3 Å². The second-order valence-electron chi connectivity index (χ2n) is 14.2. The average molecular weight is 711 g/mol. The van der Waals surface area contributed by atoms with Gasteiger partial charge in [0.15, 0.2) is 5.78 Å². The monoisotopic (exact) mass is 710 g/mol. The highest BCUT2D eigenvalue weighted by Crippen LogP contribution is 2.30. The van der Waals surface area contributed by atoms with E-state index >= 15 is 0 Å². The number of ketones is 1. The molecule has 2 saturated heterocycles. The summed E-state index contributed by atoms with van der Waals surface area (Å²) in [7, 11) is 0. The Morgan fingerprint density at radius 3 is 2.39 bits per heavy atom. The lowest BCUT2D eigenvalue weighted by molar-refractivity contribution is -0.187. The molecule has 3 aliphatic heterocycles. The van der Waals surface area contributed by atoms with E-state index in [0.29, 0.717) is 84.0 Å². The Balaban J connectivity index is 1.09. The third-order valence-corrected chi connectivity index (χ3v) is 10.7. The standard InChI is InChI=1S/C38H58N6O7/c39-24-28-12-14-30(15-13-28)36(46)43-19-21-44(22-20-43)37(47)51-31-16-23-48-32(35(31)50-25-29-8-2-1-3-9-29)26-49-34(41)11-5-4-10-33(45)38(27-40)17-6-7-18-42-38/h1-3,6-9,17-18,28,30-32,34-35,42H,4-5,10-16,19-27,39-41H2/t28?,30?,31-,32-,34?,35+,38?/m1/s1. The summed E-state index contributed by atoms with van der Waals surface area (Å²) in [6.45, 7) is 3.57. The van der Waals surface area contributed by atoms with Crippen molar-refractivity contribution in [3.8, 4) is 0 Å². The third kappa shape index (κ3) is 10.8. The van der Waals surface area contributed by atoms with E-state index in [2.05, 4.69) is 5.32 Å². The van der Waals surface area contributed by atoms with Gasteiger partial charge in [0.25, 0.3) is 0 Å². The van der Waals surface area contributed by atoms with Crippen LogP contribution in [0.25, 0.3) is 0 Å². The molecular formula is C38H58N6O7. The number of unbranched alkanes of at least 4 members (excludes halogenated alkanes) is 1. The van der Waals surface area contributed by atoms with E-state index in [9.17, 15) is 14.4 Å². The first-order valence-electron chi connectivity index (χ1n) is 18.8. The molecule has 5 atom stereocenters. The van der Waals surface area contributed by atoms with Crippen LogP contribution in [0, 0.1) is 11.8 Å². The lowest BCUT2D eigenvalue weighted by Gasteiger charge is -2.40. The van der Waals surface area contributed by atoms with Crippen LogP contribution in [0.1, 0.15) is 63.4 Å². The Hall–Kier alpha value is -3.33. The van der Waals surface area contributed by atoms with Gasteiger partial charge in [-0.3, -0.25) is 9.59 Å². The zero-order valence-electron chi connectivity index (χ0n) is 29.9. The molecule has 5 rings (SSSR count). The number of benzene rings is 1. The minimum atomic E-state index is -0.849. The van der Waals surface area contributed by atoms with Crippen molar-refractivity contribution in [2.75, 3.05) is 52.5 Å². The molecule has 13 heteroatoms. The summed E-state index contributed by atoms with van der Waals surface area (Å²) in [4.78, 5) is 43.1. The van der Waals surface area contributed by atoms with Gasteiger partial charge in [-0.15, -0.1) is 0 Å². The number of piperazine rings is 1. The number of nitrogens with one attached hydrogen (secondary N) is 1. The number of hydrogen-bond acceptors (Lipinski definition) is 11. The van der Waals surface area contributed by atoms with Crippen LogP contribution in [0.4, 0.5) is 4.79 Å². The molecular weight excluding hydrogens is 652 g/mol. The van der Waals surface area contributed by atoms with Gasteiger partial charge in [0.05, 0.1) is 19.8 Å². The topological polar surface area (TPSA) is 185 Å². The fourth-order valence-electron chi connectivity index (χ4n) is 7.39. The molecule has 0 spiro atoms. The summed E-state index contributed by atoms with van der Waals surface area (Å²) < 4.78 is 24.6. The second kappa shape index (κ2) is 19.5. The van der Waals surface area contributed by atoms with Gasteiger partial charge in [-0.1, -0.05) is 42.5 Å². The molecule has 3 heterocycles. The molecule has 0 radical (unpaired) electrons. The lowest BCUT2D eigenvalue weighted by atomic mass is 9.81. The number of nitrogens with two attached hydrogens (primary N) is 3. The van der Waals surface area contributed by atoms with Gasteiger partial charge in [-0.05, 0) is 75.2 Å². The second-order valence-corrected chi connectivity index (χ2v) is 14.2. The molecule has 2 unspecified atom stereocenters. The molecule has 51 heavy (non-hydrogen) atoms. The van der Waals surface area contributed by atoms with Crippen LogP contribution in [0.15, 0.2) is 54.8 Å². The normalized spacial score (nSPS) is 28.6. The number of nitrogens with zero attached hydrogens (tertiary/aromatic N) is 2. The zero-order valence-corrected chi connectivity index (χ0v) is 29.9. The van der Waals surface area contributed by atoms with Crippen LogP contribution in [-0.4, -0.2) is 110 Å². The molecule has 1 saturated carbocycles. The summed E-state index contributed by atoms with van der Waals surface area (Å²) in [5, 5.41) is 3.10. The van der Waals surface area contributed by atoms with Crippen LogP contribution >= 0.6 is 0 Å². The van der Waals surface area contributed by atoms with Gasteiger partial charge in [-0.2, -0.15) is 0 Å². The van der Waals surface area contributed by atoms with Gasteiger partial charge < -0.3 is 51.3 Å². The van der Waals surface area contributed by atoms with Gasteiger partial charge in [0, 0.05) is 51.5 Å². The highest BCUT2D eigenvalue weighted by Gasteiger charge is 2.40. The van der Waals surface area contributed by atoms with Crippen molar-refractivity contribution in [3.63, 3.8) is 0 Å². The molecule has 282 valence electrons. The Morgan fingerprint density at radius 2 is 1.71 bits per heavy atom. The van der Waals surface area contributed by atoms with Crippen molar-refractivity contribution in [1.82, 2.24) is 15.1 Å². The van der Waals surface area contributed by atoms with Crippen molar-refractivity contribution in [2.24, 2.45) is 29.0 Å². The van der Waals surface area contributed by atoms with Gasteiger partial charge >= 0.3 is 6.09 Å². The van der Waals surface area contributed by atoms with Crippen LogP contribution in [0.3, 0.4) is 0 Å². The molecule has 13 nitrogen and oxygen atoms in total. The van der Waals surface area contributed by atoms with E-state index in [1.807, 2.05) is 53.5 Å². The average Bonchev–Trinajstić information content (AvgIpc) is 3.18. The highest BCUT2D eigenvalue weighted by molar-refractivity contribution is 5.91. The van der Waals surface area contributed by atoms with E-state index in [4.69, 9.17) is 36.1 Å². The molecule has 0 aromatic heterocycles. The number of carbonyl (C=O) groups excluding carboxylic acids is 3. The van der Waals surface area contributed by atoms with Crippen LogP contribution in [0.2, 0.25) is 0 Å². The number of hydrogen-bond donors (Lipinski definition) is 4. The number of Topliss-reactive ketones (excluding diaryl/α,β-unsaturated/α-hetero) is 1. The summed E-state index contributed by atoms with van der Waals surface area (Å²) in [6.07, 6.45) is 11.2. The number of dihydropyridines is 1. The van der Waals surface area contributed by atoms with E-state index < -0.39 is 36.2 Å². The summed E-state index contributed by atoms with van der Waals surface area (Å²) >= 11 is 0. The van der Waals surface area contributed by atoms with Crippen molar-refractivity contribution >= 4 is 17.8 Å². The molecule has 3 fully saturated rings. The molecule has 1 aromatic rings. The fraction of sp³-hybridized carbons (Fsp3) is 0.658. The molecule has 1 aliphatic carbocycles. The number of ether oxygens (including phenoxy) is 4. The maximum absolute atomic E-state index is 13.4. The quantitative estimate of drug-likeness (QED) is 0.146. The smallest absolute Gasteiger partial charge is 0.410 e. The number of rotatable bonds is 16. The van der Waals surface area contributed by atoms with E-state index in [-0.39, 0.29) is 30.8 Å². The highest BCUT2D eigenvalue weighted by atomic mass is 16.6. The molecule has 1 aromatic carbocycles. The Bertz CT molecular complexity index is 1310. The Morgan fingerprint density at radius 1 is 0.961 bits per heavy atom. The van der Waals surface area contributed by atoms with Crippen LogP contribution in [0.5, 0.6) is 0 Å². The summed E-state index contributed by atoms with van der Waals surface area (Å²) in [5.74, 6) is 0.813. The summed E-state index contributed by atoms with van der Waals surface area (Å²) in [5.41, 5.74) is 18.2. The van der Waals surface area contributed by atoms with Crippen molar-refractivity contribution in [3.05, 3.63) is 60.3 Å². The zero-order chi connectivity index (χ0) is 36.1. The van der Waals surface area contributed by atoms with Crippen LogP contribution in [-0.2, 0) is 35.1 Å². The van der Waals surface area contributed by atoms with Crippen molar-refractivity contribution in [2.45, 2.75) is 94.5 Å². The first kappa shape index (κ1) is 38.9. The van der Waals surface area contributed by atoms with Gasteiger partial charge in [0.2, 0.25) is 5.91 Å². The third-order valence-electron chi connectivity index (χ3n) is 10.7. The SMILES string of the molecule is NCC1CCC(C(=O)N2CCN(C(=O)O[C@@H]3CCO[C@H](COC(N)CCCCC(=O)C4(CN)C=CC=CN4)[C@H]3OCc3ccccc3)CC2)CC1. The summed E-state index contributed by atoms with van der Waals surface area (Å²) in [6, 6.07) is 9.81. The van der Waals surface area contributed by atoms with Crippen LogP contribution < -0.4 is 22.5 Å². The fourth-order valence-corrected chi connectivity index (χ4v) is 7.39. The van der Waals surface area contributed by atoms with Crippen molar-refractivity contribution in [1.29, 1.82) is 0 Å². The van der Waals surface area contributed by atoms with E-state index in [1.54, 1.807) is 11.1 Å². The number of allylic oxidation sites excluding steroid dienone is 2. The molecule has 4 aliphatic rings. The first-order chi connectivity index (χ1) is 24.8. The lowest BCUT2D eigenvalue weighted by Crippen LogP contribution is -2.55. The molecule has 0 bridgehead atoms. The predicted octanol–water partition coefficient (Wildman–Crippen LogP) is 2.58. The predicted molar refractivity (Wildman–Crippen MR) is 193 cm³/mol. The maximum atomic E-state index is 13.4. The minimum Gasteiger partial charge on any atom is -0.443 e. The first-order valence-corrected chi connectivity index (χ1v) is 18.8. The minimum absolute atomic E-state index is 0.0471. The largest absolute Gasteiger partial charge is 0.443 e. The number of amides is 2. The Labute approximate surface area is 302 Å². The van der Waals surface area contributed by atoms with E-state index in [0.717, 1.165) is 31.2 Å². The number of carbonyl (C=O) groups is 3. The Kier molecular flexibility index (Phi) is 14.9.